The summed E-state index contributed by atoms with van der Waals surface area (Å²) in [6, 6.07) is 0. The molecule has 0 saturated carbocycles. The fourth-order valence-electron chi connectivity index (χ4n) is 1.96. The summed E-state index contributed by atoms with van der Waals surface area (Å²) < 4.78 is 2.12. The van der Waals surface area contributed by atoms with E-state index in [1.807, 2.05) is 6.33 Å². The summed E-state index contributed by atoms with van der Waals surface area (Å²) in [7, 11) is 2.09. The van der Waals surface area contributed by atoms with Gasteiger partial charge in [0.2, 0.25) is 0 Å². The Morgan fingerprint density at radius 2 is 2.11 bits per heavy atom. The second-order valence-electron chi connectivity index (χ2n) is 4.86. The third-order valence-corrected chi connectivity index (χ3v) is 4.11. The quantitative estimate of drug-likeness (QED) is 0.814. The summed E-state index contributed by atoms with van der Waals surface area (Å²) >= 11 is 1.77. The van der Waals surface area contributed by atoms with E-state index >= 15 is 0 Å². The first kappa shape index (κ1) is 14.1. The first-order chi connectivity index (χ1) is 9.10. The van der Waals surface area contributed by atoms with E-state index in [1.54, 1.807) is 11.3 Å². The van der Waals surface area contributed by atoms with Gasteiger partial charge in [-0.1, -0.05) is 6.92 Å². The van der Waals surface area contributed by atoms with Gasteiger partial charge in [-0.2, -0.15) is 0 Å². The van der Waals surface area contributed by atoms with Crippen LogP contribution in [-0.4, -0.2) is 31.7 Å². The Kier molecular flexibility index (Phi) is 4.66. The highest BCUT2D eigenvalue weighted by Gasteiger charge is 2.10. The molecular formula is C13H21N5S. The molecule has 0 spiro atoms. The lowest BCUT2D eigenvalue weighted by Crippen LogP contribution is -2.20. The minimum absolute atomic E-state index is 0.803. The number of hydrogen-bond donors (Lipinski definition) is 0. The second kappa shape index (κ2) is 6.25. The lowest BCUT2D eigenvalue weighted by molar-refractivity contribution is 0.303. The SMILES string of the molecule is CCCn1cnnc1CN(C)Cc1nc(C)c(C)s1. The van der Waals surface area contributed by atoms with E-state index in [-0.39, 0.29) is 0 Å². The molecular weight excluding hydrogens is 258 g/mol. The maximum Gasteiger partial charge on any atom is 0.147 e. The average molecular weight is 279 g/mol. The van der Waals surface area contributed by atoms with Crippen LogP contribution in [0.1, 0.15) is 34.7 Å². The van der Waals surface area contributed by atoms with E-state index in [0.717, 1.165) is 37.6 Å². The van der Waals surface area contributed by atoms with Crippen LogP contribution in [0.25, 0.3) is 0 Å². The molecule has 6 heteroatoms. The molecule has 0 aliphatic carbocycles. The van der Waals surface area contributed by atoms with Crippen LogP contribution < -0.4 is 0 Å². The number of aromatic nitrogens is 4. The van der Waals surface area contributed by atoms with E-state index in [2.05, 4.69) is 52.5 Å². The smallest absolute Gasteiger partial charge is 0.147 e. The van der Waals surface area contributed by atoms with Gasteiger partial charge in [-0.25, -0.2) is 4.98 Å². The number of nitrogens with zero attached hydrogens (tertiary/aromatic N) is 5. The van der Waals surface area contributed by atoms with Crippen molar-refractivity contribution in [3.05, 3.63) is 27.7 Å². The van der Waals surface area contributed by atoms with Gasteiger partial charge < -0.3 is 4.57 Å². The predicted octanol–water partition coefficient (Wildman–Crippen LogP) is 2.39. The van der Waals surface area contributed by atoms with Gasteiger partial charge in [-0.15, -0.1) is 21.5 Å². The summed E-state index contributed by atoms with van der Waals surface area (Å²) in [5.41, 5.74) is 1.14. The monoisotopic (exact) mass is 279 g/mol. The molecule has 5 nitrogen and oxygen atoms in total. The van der Waals surface area contributed by atoms with Crippen molar-refractivity contribution in [2.24, 2.45) is 0 Å². The van der Waals surface area contributed by atoms with Gasteiger partial charge in [-0.3, -0.25) is 4.90 Å². The minimum Gasteiger partial charge on any atom is -0.317 e. The van der Waals surface area contributed by atoms with Crippen LogP contribution in [0.4, 0.5) is 0 Å². The molecule has 0 aromatic carbocycles. The topological polar surface area (TPSA) is 46.8 Å². The van der Waals surface area contributed by atoms with Crippen molar-refractivity contribution in [2.75, 3.05) is 7.05 Å². The van der Waals surface area contributed by atoms with Gasteiger partial charge in [0.1, 0.15) is 17.2 Å². The third kappa shape index (κ3) is 3.61. The highest BCUT2D eigenvalue weighted by Crippen LogP contribution is 2.18. The molecule has 19 heavy (non-hydrogen) atoms. The van der Waals surface area contributed by atoms with E-state index in [1.165, 1.54) is 9.88 Å². The Morgan fingerprint density at radius 1 is 1.32 bits per heavy atom. The third-order valence-electron chi connectivity index (χ3n) is 3.05. The zero-order valence-electron chi connectivity index (χ0n) is 12.1. The molecule has 0 aliphatic heterocycles. The average Bonchev–Trinajstić information content (AvgIpc) is 2.88. The summed E-state index contributed by atoms with van der Waals surface area (Å²) in [6.45, 7) is 8.98. The van der Waals surface area contributed by atoms with Crippen molar-refractivity contribution in [2.45, 2.75) is 46.8 Å². The van der Waals surface area contributed by atoms with Crippen molar-refractivity contribution < 1.29 is 0 Å². The molecule has 0 bridgehead atoms. The molecule has 0 saturated heterocycles. The van der Waals surface area contributed by atoms with Crippen LogP contribution in [0.3, 0.4) is 0 Å². The van der Waals surface area contributed by atoms with Crippen molar-refractivity contribution in [3.8, 4) is 0 Å². The second-order valence-corrected chi connectivity index (χ2v) is 6.15. The Hall–Kier alpha value is -1.27. The largest absolute Gasteiger partial charge is 0.317 e. The summed E-state index contributed by atoms with van der Waals surface area (Å²) in [6.07, 6.45) is 2.91. The summed E-state index contributed by atoms with van der Waals surface area (Å²) in [5.74, 6) is 1.02. The highest BCUT2D eigenvalue weighted by atomic mass is 32.1. The predicted molar refractivity (Wildman–Crippen MR) is 77.1 cm³/mol. The van der Waals surface area contributed by atoms with Crippen molar-refractivity contribution in [1.82, 2.24) is 24.6 Å². The molecule has 0 atom stereocenters. The normalized spacial score (nSPS) is 11.4. The zero-order chi connectivity index (χ0) is 13.8. The lowest BCUT2D eigenvalue weighted by Gasteiger charge is -2.14. The van der Waals surface area contributed by atoms with Crippen LogP contribution >= 0.6 is 11.3 Å². The van der Waals surface area contributed by atoms with Crippen molar-refractivity contribution in [1.29, 1.82) is 0 Å². The van der Waals surface area contributed by atoms with Gasteiger partial charge >= 0.3 is 0 Å². The molecule has 104 valence electrons. The first-order valence-corrected chi connectivity index (χ1v) is 7.40. The van der Waals surface area contributed by atoms with Crippen LogP contribution in [0.15, 0.2) is 6.33 Å². The molecule has 0 fully saturated rings. The number of rotatable bonds is 6. The molecule has 0 aliphatic rings. The van der Waals surface area contributed by atoms with Crippen LogP contribution in [-0.2, 0) is 19.6 Å². The molecule has 2 rings (SSSR count). The zero-order valence-corrected chi connectivity index (χ0v) is 12.9. The number of hydrogen-bond acceptors (Lipinski definition) is 5. The molecule has 0 unspecified atom stereocenters. The fourth-order valence-corrected chi connectivity index (χ4v) is 2.98. The molecule has 0 amide bonds. The minimum atomic E-state index is 0.803. The van der Waals surface area contributed by atoms with Gasteiger partial charge in [0.15, 0.2) is 0 Å². The maximum absolute atomic E-state index is 4.57. The number of thiazole rings is 1. The molecule has 2 aromatic heterocycles. The van der Waals surface area contributed by atoms with Crippen LogP contribution in [0, 0.1) is 13.8 Å². The Bertz CT molecular complexity index is 511. The van der Waals surface area contributed by atoms with E-state index in [4.69, 9.17) is 0 Å². The Balaban J connectivity index is 1.97. The van der Waals surface area contributed by atoms with Gasteiger partial charge in [0, 0.05) is 11.4 Å². The van der Waals surface area contributed by atoms with Crippen molar-refractivity contribution >= 4 is 11.3 Å². The van der Waals surface area contributed by atoms with E-state index in [9.17, 15) is 0 Å². The Morgan fingerprint density at radius 3 is 2.74 bits per heavy atom. The van der Waals surface area contributed by atoms with E-state index in [0.29, 0.717) is 0 Å². The first-order valence-electron chi connectivity index (χ1n) is 6.58. The summed E-state index contributed by atoms with van der Waals surface area (Å²) in [4.78, 5) is 8.11. The van der Waals surface area contributed by atoms with Gasteiger partial charge in [-0.05, 0) is 27.3 Å². The molecule has 0 radical (unpaired) electrons. The van der Waals surface area contributed by atoms with Gasteiger partial charge in [0.05, 0.1) is 18.8 Å². The Labute approximate surface area is 118 Å². The standard InChI is InChI=1S/C13H21N5S/c1-5-6-18-9-14-16-12(18)7-17(4)8-13-15-10(2)11(3)19-13/h9H,5-8H2,1-4H3. The van der Waals surface area contributed by atoms with Gasteiger partial charge in [0.25, 0.3) is 0 Å². The molecule has 2 aromatic rings. The molecule has 2 heterocycles. The maximum atomic E-state index is 4.57. The molecule has 0 N–H and O–H groups in total. The highest BCUT2D eigenvalue weighted by molar-refractivity contribution is 7.11. The lowest BCUT2D eigenvalue weighted by atomic mass is 10.4. The number of aryl methyl sites for hydroxylation is 3. The summed E-state index contributed by atoms with van der Waals surface area (Å²) in [5, 5.41) is 9.35. The van der Waals surface area contributed by atoms with Crippen LogP contribution in [0.2, 0.25) is 0 Å². The van der Waals surface area contributed by atoms with Crippen LogP contribution in [0.5, 0.6) is 0 Å². The fraction of sp³-hybridized carbons (Fsp3) is 0.615. The van der Waals surface area contributed by atoms with E-state index < -0.39 is 0 Å². The van der Waals surface area contributed by atoms with Crippen molar-refractivity contribution in [3.63, 3.8) is 0 Å².